The van der Waals surface area contributed by atoms with Gasteiger partial charge in [-0.2, -0.15) is 0 Å². The van der Waals surface area contributed by atoms with Gasteiger partial charge in [0, 0.05) is 39.3 Å². The molecule has 1 aliphatic heterocycles. The number of aryl methyl sites for hydroxylation is 1. The predicted molar refractivity (Wildman–Crippen MR) is 76.4 cm³/mol. The van der Waals surface area contributed by atoms with E-state index in [0.717, 1.165) is 5.56 Å². The van der Waals surface area contributed by atoms with Gasteiger partial charge in [-0.25, -0.2) is 4.98 Å². The molecule has 0 aliphatic carbocycles. The second-order valence-corrected chi connectivity index (χ2v) is 4.97. The number of amides is 3. The SMILES string of the molecule is CC(=O)N1CCN(C(=O)C(=O)Nc2cc(C)ccn2)CC1. The summed E-state index contributed by atoms with van der Waals surface area (Å²) in [5.41, 5.74) is 0.947. The zero-order valence-corrected chi connectivity index (χ0v) is 12.1. The van der Waals surface area contributed by atoms with E-state index >= 15 is 0 Å². The monoisotopic (exact) mass is 290 g/mol. The van der Waals surface area contributed by atoms with E-state index in [1.54, 1.807) is 23.2 Å². The summed E-state index contributed by atoms with van der Waals surface area (Å²) in [6, 6.07) is 3.50. The van der Waals surface area contributed by atoms with Gasteiger partial charge in [0.15, 0.2) is 0 Å². The van der Waals surface area contributed by atoms with Crippen LogP contribution in [0.25, 0.3) is 0 Å². The molecule has 0 saturated carbocycles. The summed E-state index contributed by atoms with van der Waals surface area (Å²) < 4.78 is 0. The highest BCUT2D eigenvalue weighted by atomic mass is 16.2. The molecule has 7 heteroatoms. The van der Waals surface area contributed by atoms with E-state index in [4.69, 9.17) is 0 Å². The summed E-state index contributed by atoms with van der Waals surface area (Å²) in [5, 5.41) is 2.49. The molecule has 1 fully saturated rings. The minimum Gasteiger partial charge on any atom is -0.339 e. The summed E-state index contributed by atoms with van der Waals surface area (Å²) in [6.45, 7) is 5.02. The van der Waals surface area contributed by atoms with Gasteiger partial charge in [-0.3, -0.25) is 14.4 Å². The van der Waals surface area contributed by atoms with Gasteiger partial charge in [-0.15, -0.1) is 0 Å². The zero-order valence-electron chi connectivity index (χ0n) is 12.1. The van der Waals surface area contributed by atoms with Crippen LogP contribution in [0.2, 0.25) is 0 Å². The molecule has 2 heterocycles. The van der Waals surface area contributed by atoms with Crippen LogP contribution in [-0.4, -0.2) is 58.7 Å². The van der Waals surface area contributed by atoms with Crippen molar-refractivity contribution in [3.8, 4) is 0 Å². The fraction of sp³-hybridized carbons (Fsp3) is 0.429. The number of anilines is 1. The Morgan fingerprint density at radius 2 is 1.76 bits per heavy atom. The van der Waals surface area contributed by atoms with Gasteiger partial charge in [-0.05, 0) is 24.6 Å². The van der Waals surface area contributed by atoms with Gasteiger partial charge in [-0.1, -0.05) is 0 Å². The molecule has 0 aromatic carbocycles. The molecule has 21 heavy (non-hydrogen) atoms. The summed E-state index contributed by atoms with van der Waals surface area (Å²) in [4.78, 5) is 42.3. The minimum atomic E-state index is -0.704. The highest BCUT2D eigenvalue weighted by Gasteiger charge is 2.26. The van der Waals surface area contributed by atoms with Gasteiger partial charge in [0.2, 0.25) is 5.91 Å². The van der Waals surface area contributed by atoms with Crippen molar-refractivity contribution in [3.05, 3.63) is 23.9 Å². The summed E-state index contributed by atoms with van der Waals surface area (Å²) in [6.07, 6.45) is 1.57. The Kier molecular flexibility index (Phi) is 4.52. The van der Waals surface area contributed by atoms with Crippen LogP contribution in [-0.2, 0) is 14.4 Å². The van der Waals surface area contributed by atoms with E-state index in [0.29, 0.717) is 32.0 Å². The molecular formula is C14H18N4O3. The Bertz CT molecular complexity index is 565. The molecule has 1 N–H and O–H groups in total. The lowest BCUT2D eigenvalue weighted by molar-refractivity contribution is -0.145. The average molecular weight is 290 g/mol. The van der Waals surface area contributed by atoms with Crippen LogP contribution >= 0.6 is 0 Å². The fourth-order valence-electron chi connectivity index (χ4n) is 2.14. The van der Waals surface area contributed by atoms with E-state index < -0.39 is 11.8 Å². The topological polar surface area (TPSA) is 82.6 Å². The Morgan fingerprint density at radius 1 is 1.14 bits per heavy atom. The number of nitrogens with zero attached hydrogens (tertiary/aromatic N) is 3. The molecule has 2 rings (SSSR count). The van der Waals surface area contributed by atoms with Gasteiger partial charge in [0.25, 0.3) is 0 Å². The average Bonchev–Trinajstić information content (AvgIpc) is 2.46. The molecule has 0 spiro atoms. The second-order valence-electron chi connectivity index (χ2n) is 4.97. The first-order chi connectivity index (χ1) is 9.97. The van der Waals surface area contributed by atoms with Gasteiger partial charge >= 0.3 is 11.8 Å². The maximum atomic E-state index is 12.0. The number of piperazine rings is 1. The van der Waals surface area contributed by atoms with Crippen molar-refractivity contribution in [2.24, 2.45) is 0 Å². The highest BCUT2D eigenvalue weighted by molar-refractivity contribution is 6.39. The molecule has 3 amide bonds. The first-order valence-electron chi connectivity index (χ1n) is 6.76. The van der Waals surface area contributed by atoms with Crippen LogP contribution in [0.1, 0.15) is 12.5 Å². The number of hydrogen-bond donors (Lipinski definition) is 1. The third-order valence-corrected chi connectivity index (χ3v) is 3.36. The lowest BCUT2D eigenvalue weighted by Crippen LogP contribution is -2.52. The normalized spacial score (nSPS) is 14.8. The Hall–Kier alpha value is -2.44. The quantitative estimate of drug-likeness (QED) is 0.739. The zero-order chi connectivity index (χ0) is 15.4. The third kappa shape index (κ3) is 3.77. The number of nitrogens with one attached hydrogen (secondary N) is 1. The standard InChI is InChI=1S/C14H18N4O3/c1-10-3-4-15-12(9-10)16-13(20)14(21)18-7-5-17(6-8-18)11(2)19/h3-4,9H,5-8H2,1-2H3,(H,15,16,20). The van der Waals surface area contributed by atoms with E-state index in [1.165, 1.54) is 11.8 Å². The number of carbonyl (C=O) groups is 3. The van der Waals surface area contributed by atoms with Gasteiger partial charge < -0.3 is 15.1 Å². The highest BCUT2D eigenvalue weighted by Crippen LogP contribution is 2.07. The molecule has 1 aromatic rings. The smallest absolute Gasteiger partial charge is 0.315 e. The molecular weight excluding hydrogens is 272 g/mol. The van der Waals surface area contributed by atoms with Crippen LogP contribution in [0.15, 0.2) is 18.3 Å². The molecule has 0 bridgehead atoms. The first-order valence-corrected chi connectivity index (χ1v) is 6.76. The van der Waals surface area contributed by atoms with Crippen LogP contribution in [0.5, 0.6) is 0 Å². The van der Waals surface area contributed by atoms with E-state index in [2.05, 4.69) is 10.3 Å². The maximum absolute atomic E-state index is 12.0. The van der Waals surface area contributed by atoms with Crippen molar-refractivity contribution in [2.75, 3.05) is 31.5 Å². The molecule has 1 saturated heterocycles. The number of pyridine rings is 1. The number of aromatic nitrogens is 1. The van der Waals surface area contributed by atoms with E-state index in [9.17, 15) is 14.4 Å². The summed E-state index contributed by atoms with van der Waals surface area (Å²) >= 11 is 0. The third-order valence-electron chi connectivity index (χ3n) is 3.36. The number of carbonyl (C=O) groups excluding carboxylic acids is 3. The Morgan fingerprint density at radius 3 is 2.33 bits per heavy atom. The fourth-order valence-corrected chi connectivity index (χ4v) is 2.14. The number of hydrogen-bond acceptors (Lipinski definition) is 4. The molecule has 112 valence electrons. The Labute approximate surface area is 122 Å². The van der Waals surface area contributed by atoms with Crippen molar-refractivity contribution in [1.29, 1.82) is 0 Å². The van der Waals surface area contributed by atoms with Crippen molar-refractivity contribution in [2.45, 2.75) is 13.8 Å². The maximum Gasteiger partial charge on any atom is 0.315 e. The van der Waals surface area contributed by atoms with E-state index in [-0.39, 0.29) is 5.91 Å². The second kappa shape index (κ2) is 6.34. The molecule has 1 aliphatic rings. The minimum absolute atomic E-state index is 0.0180. The molecule has 7 nitrogen and oxygen atoms in total. The molecule has 0 unspecified atom stereocenters. The van der Waals surface area contributed by atoms with Crippen molar-refractivity contribution < 1.29 is 14.4 Å². The van der Waals surface area contributed by atoms with Crippen molar-refractivity contribution in [1.82, 2.24) is 14.8 Å². The predicted octanol–water partition coefficient (Wildman–Crippen LogP) is 0.0192. The number of rotatable bonds is 1. The van der Waals surface area contributed by atoms with Gasteiger partial charge in [0.1, 0.15) is 5.82 Å². The molecule has 0 atom stereocenters. The first kappa shape index (κ1) is 15.0. The van der Waals surface area contributed by atoms with Gasteiger partial charge in [0.05, 0.1) is 0 Å². The van der Waals surface area contributed by atoms with E-state index in [1.807, 2.05) is 6.92 Å². The molecule has 0 radical (unpaired) electrons. The van der Waals surface area contributed by atoms with Crippen LogP contribution < -0.4 is 5.32 Å². The lowest BCUT2D eigenvalue weighted by atomic mass is 10.3. The van der Waals surface area contributed by atoms with Crippen LogP contribution in [0, 0.1) is 6.92 Å². The van der Waals surface area contributed by atoms with Crippen molar-refractivity contribution >= 4 is 23.5 Å². The molecule has 1 aromatic heterocycles. The van der Waals surface area contributed by atoms with Crippen molar-refractivity contribution in [3.63, 3.8) is 0 Å². The summed E-state index contributed by atoms with van der Waals surface area (Å²) in [5.74, 6) is -0.961. The summed E-state index contributed by atoms with van der Waals surface area (Å²) in [7, 11) is 0. The van der Waals surface area contributed by atoms with Crippen LogP contribution in [0.4, 0.5) is 5.82 Å². The van der Waals surface area contributed by atoms with Crippen LogP contribution in [0.3, 0.4) is 0 Å². The largest absolute Gasteiger partial charge is 0.339 e. The lowest BCUT2D eigenvalue weighted by Gasteiger charge is -2.33. The Balaban J connectivity index is 1.91.